The molecule has 1 aliphatic heterocycles. The average Bonchev–Trinajstić information content (AvgIpc) is 3.03. The third-order valence-electron chi connectivity index (χ3n) is 4.83. The molecule has 1 aromatic heterocycles. The molecule has 118 valence electrons. The van der Waals surface area contributed by atoms with Crippen LogP contribution in [-0.2, 0) is 11.3 Å². The second-order valence-electron chi connectivity index (χ2n) is 6.32. The van der Waals surface area contributed by atoms with Gasteiger partial charge < -0.3 is 14.4 Å². The van der Waals surface area contributed by atoms with Gasteiger partial charge in [0.25, 0.3) is 0 Å². The monoisotopic (exact) mass is 300 g/mol. The maximum Gasteiger partial charge on any atom is 0.115 e. The first kappa shape index (κ1) is 15.3. The highest BCUT2D eigenvalue weighted by Crippen LogP contribution is 2.33. The van der Waals surface area contributed by atoms with E-state index in [0.717, 1.165) is 38.4 Å². The van der Waals surface area contributed by atoms with Crippen LogP contribution < -0.4 is 0 Å². The van der Waals surface area contributed by atoms with E-state index < -0.39 is 0 Å². The summed E-state index contributed by atoms with van der Waals surface area (Å²) in [5.74, 6) is 1.30. The van der Waals surface area contributed by atoms with Gasteiger partial charge in [0.1, 0.15) is 5.82 Å². The molecular formula is C18H24N2O2. The molecule has 1 aliphatic rings. The van der Waals surface area contributed by atoms with Crippen molar-refractivity contribution in [3.8, 4) is 0 Å². The largest absolute Gasteiger partial charge is 0.396 e. The minimum absolute atomic E-state index is 0.0793. The van der Waals surface area contributed by atoms with E-state index in [4.69, 9.17) is 4.74 Å². The zero-order valence-corrected chi connectivity index (χ0v) is 13.1. The Balaban J connectivity index is 1.83. The van der Waals surface area contributed by atoms with Crippen molar-refractivity contribution in [1.82, 2.24) is 9.55 Å². The number of aromatic nitrogens is 2. The minimum Gasteiger partial charge on any atom is -0.396 e. The summed E-state index contributed by atoms with van der Waals surface area (Å²) in [5, 5.41) is 9.90. The van der Waals surface area contributed by atoms with E-state index in [1.165, 1.54) is 5.56 Å². The van der Waals surface area contributed by atoms with Crippen molar-refractivity contribution >= 4 is 0 Å². The summed E-state index contributed by atoms with van der Waals surface area (Å²) in [6, 6.07) is 10.4. The van der Waals surface area contributed by atoms with E-state index in [0.29, 0.717) is 0 Å². The fourth-order valence-corrected chi connectivity index (χ4v) is 3.26. The third kappa shape index (κ3) is 3.08. The van der Waals surface area contributed by atoms with Crippen LogP contribution in [0.1, 0.15) is 37.1 Å². The van der Waals surface area contributed by atoms with Crippen LogP contribution in [0.5, 0.6) is 0 Å². The second-order valence-corrected chi connectivity index (χ2v) is 6.32. The molecule has 1 atom stereocenters. The highest BCUT2D eigenvalue weighted by molar-refractivity contribution is 5.25. The minimum atomic E-state index is -0.0793. The van der Waals surface area contributed by atoms with Gasteiger partial charge in [0.15, 0.2) is 0 Å². The van der Waals surface area contributed by atoms with Crippen LogP contribution >= 0.6 is 0 Å². The van der Waals surface area contributed by atoms with Gasteiger partial charge in [-0.3, -0.25) is 0 Å². The van der Waals surface area contributed by atoms with Crippen LogP contribution in [0, 0.1) is 5.41 Å². The number of benzene rings is 1. The maximum atomic E-state index is 9.90. The van der Waals surface area contributed by atoms with Crippen LogP contribution in [0.15, 0.2) is 42.7 Å². The number of imidazole rings is 1. The lowest BCUT2D eigenvalue weighted by molar-refractivity contribution is -0.0257. The maximum absolute atomic E-state index is 9.90. The summed E-state index contributed by atoms with van der Waals surface area (Å²) < 4.78 is 7.66. The number of aliphatic hydroxyl groups excluding tert-OH is 1. The van der Waals surface area contributed by atoms with Crippen molar-refractivity contribution in [3.05, 3.63) is 54.1 Å². The van der Waals surface area contributed by atoms with Crippen LogP contribution in [0.2, 0.25) is 0 Å². The Labute approximate surface area is 131 Å². The van der Waals surface area contributed by atoms with Gasteiger partial charge in [-0.05, 0) is 18.4 Å². The molecule has 1 saturated heterocycles. The summed E-state index contributed by atoms with van der Waals surface area (Å²) in [4.78, 5) is 4.57. The highest BCUT2D eigenvalue weighted by Gasteiger charge is 2.33. The first-order chi connectivity index (χ1) is 10.7. The lowest BCUT2D eigenvalue weighted by atomic mass is 9.81. The molecule has 0 amide bonds. The van der Waals surface area contributed by atoms with Gasteiger partial charge in [0.05, 0.1) is 6.61 Å². The van der Waals surface area contributed by atoms with Crippen LogP contribution in [0.3, 0.4) is 0 Å². The number of nitrogens with zero attached hydrogens (tertiary/aromatic N) is 2. The number of hydrogen-bond donors (Lipinski definition) is 1. The van der Waals surface area contributed by atoms with E-state index in [2.05, 4.69) is 40.7 Å². The van der Waals surface area contributed by atoms with Crippen LogP contribution in [0.25, 0.3) is 0 Å². The third-order valence-corrected chi connectivity index (χ3v) is 4.83. The predicted molar refractivity (Wildman–Crippen MR) is 85.8 cm³/mol. The normalized spacial score (nSPS) is 19.0. The Hall–Kier alpha value is -1.65. The van der Waals surface area contributed by atoms with Gasteiger partial charge in [-0.15, -0.1) is 0 Å². The standard InChI is InChI=1S/C18H24N2O2/c1-15(16-5-3-2-4-6-16)17-19-9-10-20(17)13-18(14-21)7-11-22-12-8-18/h2-6,9-10,15,21H,7-8,11-14H2,1H3. The van der Waals surface area contributed by atoms with Gasteiger partial charge in [0.2, 0.25) is 0 Å². The molecule has 0 saturated carbocycles. The smallest absolute Gasteiger partial charge is 0.115 e. The van der Waals surface area contributed by atoms with Crippen molar-refractivity contribution in [1.29, 1.82) is 0 Å². The first-order valence-corrected chi connectivity index (χ1v) is 7.99. The molecule has 1 aromatic carbocycles. The van der Waals surface area contributed by atoms with Crippen molar-refractivity contribution in [3.63, 3.8) is 0 Å². The van der Waals surface area contributed by atoms with Gasteiger partial charge >= 0.3 is 0 Å². The predicted octanol–water partition coefficient (Wildman–Crippen LogP) is 2.82. The Kier molecular flexibility index (Phi) is 4.60. The molecule has 1 N–H and O–H groups in total. The summed E-state index contributed by atoms with van der Waals surface area (Å²) in [6.07, 6.45) is 5.70. The Morgan fingerprint density at radius 1 is 1.27 bits per heavy atom. The molecule has 0 aliphatic carbocycles. The number of hydrogen-bond acceptors (Lipinski definition) is 3. The Bertz CT molecular complexity index is 588. The Morgan fingerprint density at radius 3 is 2.68 bits per heavy atom. The molecule has 1 fully saturated rings. The Morgan fingerprint density at radius 2 is 2.00 bits per heavy atom. The summed E-state index contributed by atoms with van der Waals surface area (Å²) >= 11 is 0. The molecule has 0 bridgehead atoms. The lowest BCUT2D eigenvalue weighted by Crippen LogP contribution is -2.37. The topological polar surface area (TPSA) is 47.3 Å². The zero-order valence-electron chi connectivity index (χ0n) is 13.1. The lowest BCUT2D eigenvalue weighted by Gasteiger charge is -2.36. The van der Waals surface area contributed by atoms with Crippen LogP contribution in [0.4, 0.5) is 0 Å². The average molecular weight is 300 g/mol. The number of rotatable bonds is 5. The SMILES string of the molecule is CC(c1ccccc1)c1nccn1CC1(CO)CCOCC1. The van der Waals surface area contributed by atoms with Gasteiger partial charge in [-0.2, -0.15) is 0 Å². The first-order valence-electron chi connectivity index (χ1n) is 7.99. The van der Waals surface area contributed by atoms with Gasteiger partial charge in [0, 0.05) is 43.5 Å². The van der Waals surface area contributed by atoms with Crippen molar-refractivity contribution < 1.29 is 9.84 Å². The highest BCUT2D eigenvalue weighted by atomic mass is 16.5. The van der Waals surface area contributed by atoms with Gasteiger partial charge in [-0.1, -0.05) is 37.3 Å². The second kappa shape index (κ2) is 6.63. The molecule has 0 spiro atoms. The van der Waals surface area contributed by atoms with E-state index in [-0.39, 0.29) is 17.9 Å². The van der Waals surface area contributed by atoms with E-state index in [9.17, 15) is 5.11 Å². The molecule has 22 heavy (non-hydrogen) atoms. The van der Waals surface area contributed by atoms with Crippen molar-refractivity contribution in [2.24, 2.45) is 5.41 Å². The fraction of sp³-hybridized carbons (Fsp3) is 0.500. The molecule has 0 radical (unpaired) electrons. The molecular weight excluding hydrogens is 276 g/mol. The molecule has 4 nitrogen and oxygen atoms in total. The molecule has 1 unspecified atom stereocenters. The van der Waals surface area contributed by atoms with Crippen LogP contribution in [-0.4, -0.2) is 34.5 Å². The van der Waals surface area contributed by atoms with Crippen molar-refractivity contribution in [2.75, 3.05) is 19.8 Å². The van der Waals surface area contributed by atoms with E-state index in [1.54, 1.807) is 0 Å². The van der Waals surface area contributed by atoms with Crippen molar-refractivity contribution in [2.45, 2.75) is 32.2 Å². The number of ether oxygens (including phenoxy) is 1. The summed E-state index contributed by atoms with van der Waals surface area (Å²) in [5.41, 5.74) is 1.18. The summed E-state index contributed by atoms with van der Waals surface area (Å²) in [6.45, 7) is 4.66. The zero-order chi connectivity index (χ0) is 15.4. The quantitative estimate of drug-likeness (QED) is 0.923. The van der Waals surface area contributed by atoms with E-state index in [1.807, 2.05) is 18.5 Å². The fourth-order valence-electron chi connectivity index (χ4n) is 3.26. The van der Waals surface area contributed by atoms with Gasteiger partial charge in [-0.25, -0.2) is 4.98 Å². The number of aliphatic hydroxyl groups is 1. The van der Waals surface area contributed by atoms with E-state index >= 15 is 0 Å². The molecule has 3 rings (SSSR count). The molecule has 4 heteroatoms. The molecule has 2 aromatic rings. The molecule has 2 heterocycles. The summed E-state index contributed by atoms with van der Waals surface area (Å²) in [7, 11) is 0.